The molecule has 0 N–H and O–H groups in total. The first-order valence-corrected chi connectivity index (χ1v) is 20.9. The molecule has 0 spiro atoms. The zero-order chi connectivity index (χ0) is 46.1. The number of thiophene rings is 2. The van der Waals surface area contributed by atoms with Crippen LogP contribution in [0.1, 0.15) is 34.6 Å². The van der Waals surface area contributed by atoms with Crippen LogP contribution in [0.5, 0.6) is 23.0 Å². The zero-order valence-corrected chi connectivity index (χ0v) is 32.5. The molecule has 0 amide bonds. The molecule has 9 aromatic rings. The minimum Gasteiger partial charge on any atom is -0.456 e. The maximum Gasteiger partial charge on any atom is 0.269 e. The van der Waals surface area contributed by atoms with E-state index in [4.69, 9.17) is 21.8 Å². The summed E-state index contributed by atoms with van der Waals surface area (Å²) in [6, 6.07) is 43.2. The second-order valence-electron chi connectivity index (χ2n) is 15.4. The van der Waals surface area contributed by atoms with Gasteiger partial charge in [-0.3, -0.25) is 0 Å². The van der Waals surface area contributed by atoms with Crippen LogP contribution in [0.3, 0.4) is 0 Å². The van der Waals surface area contributed by atoms with Gasteiger partial charge in [0.2, 0.25) is 0 Å². The fourth-order valence-corrected chi connectivity index (χ4v) is 12.4. The van der Waals surface area contributed by atoms with Crippen LogP contribution < -0.4 is 50.7 Å². The van der Waals surface area contributed by atoms with Gasteiger partial charge < -0.3 is 19.3 Å². The lowest BCUT2D eigenvalue weighted by atomic mass is 9.33. The number of aryl methyl sites for hydroxylation is 4. The van der Waals surface area contributed by atoms with Crippen LogP contribution in [-0.2, 0) is 0 Å². The quantitative estimate of drug-likeness (QED) is 0.163. The summed E-state index contributed by atoms with van der Waals surface area (Å²) in [7, 11) is 0. The summed E-state index contributed by atoms with van der Waals surface area (Å²) < 4.78 is 96.8. The van der Waals surface area contributed by atoms with Crippen molar-refractivity contribution in [2.75, 3.05) is 9.80 Å². The number of hydrogen-bond donors (Lipinski definition) is 0. The minimum atomic E-state index is -2.78. The molecule has 58 heavy (non-hydrogen) atoms. The average Bonchev–Trinajstić information content (AvgIpc) is 3.88. The molecular formula is C50H34B2N2O2S2. The Hall–Kier alpha value is -6.21. The van der Waals surface area contributed by atoms with Crippen molar-refractivity contribution in [2.24, 2.45) is 0 Å². The van der Waals surface area contributed by atoms with Crippen LogP contribution in [0.2, 0.25) is 0 Å². The molecule has 7 aromatic carbocycles. The fourth-order valence-electron chi connectivity index (χ4n) is 9.75. The van der Waals surface area contributed by atoms with Gasteiger partial charge in [-0.2, -0.15) is 0 Å². The smallest absolute Gasteiger partial charge is 0.269 e. The van der Waals surface area contributed by atoms with E-state index < -0.39 is 34.0 Å². The van der Waals surface area contributed by atoms with E-state index in [0.29, 0.717) is 45.1 Å². The number of hydrogen-bond acceptors (Lipinski definition) is 6. The van der Waals surface area contributed by atoms with Gasteiger partial charge in [0.15, 0.2) is 0 Å². The Balaban J connectivity index is 1.25. The van der Waals surface area contributed by atoms with Gasteiger partial charge >= 0.3 is 0 Å². The van der Waals surface area contributed by atoms with E-state index in [1.807, 2.05) is 85.8 Å². The molecule has 6 heterocycles. The largest absolute Gasteiger partial charge is 0.456 e. The van der Waals surface area contributed by atoms with Crippen LogP contribution in [0.25, 0.3) is 20.2 Å². The molecule has 4 aliphatic rings. The Labute approximate surface area is 358 Å². The fraction of sp³-hybridized carbons (Fsp3) is 0.0800. The van der Waals surface area contributed by atoms with Crippen LogP contribution >= 0.6 is 22.7 Å². The molecule has 0 fully saturated rings. The van der Waals surface area contributed by atoms with Crippen molar-refractivity contribution in [3.8, 4) is 23.0 Å². The maximum atomic E-state index is 8.69. The van der Waals surface area contributed by atoms with Gasteiger partial charge in [0.05, 0.1) is 22.7 Å². The van der Waals surface area contributed by atoms with E-state index in [1.165, 1.54) is 12.1 Å². The summed E-state index contributed by atoms with van der Waals surface area (Å²) in [5.41, 5.74) is 7.91. The van der Waals surface area contributed by atoms with Gasteiger partial charge in [0.1, 0.15) is 23.0 Å². The maximum absolute atomic E-state index is 8.69. The Morgan fingerprint density at radius 3 is 1.38 bits per heavy atom. The molecule has 0 aliphatic carbocycles. The Morgan fingerprint density at radius 2 is 0.897 bits per heavy atom. The molecule has 8 heteroatoms. The van der Waals surface area contributed by atoms with Gasteiger partial charge in [-0.1, -0.05) is 84.9 Å². The van der Waals surface area contributed by atoms with E-state index in [0.717, 1.165) is 63.4 Å². The van der Waals surface area contributed by atoms with Gasteiger partial charge in [0, 0.05) is 64.4 Å². The van der Waals surface area contributed by atoms with E-state index >= 15 is 0 Å². The molecule has 4 nitrogen and oxygen atoms in total. The highest BCUT2D eigenvalue weighted by Gasteiger charge is 2.53. The second-order valence-corrected chi connectivity index (χ2v) is 17.5. The first kappa shape index (κ1) is 25.2. The van der Waals surface area contributed by atoms with E-state index in [9.17, 15) is 0 Å². The van der Waals surface area contributed by atoms with Gasteiger partial charge in [-0.05, 0) is 109 Å². The van der Waals surface area contributed by atoms with Crippen LogP contribution in [0.15, 0.2) is 133 Å². The zero-order valence-electron chi connectivity index (χ0n) is 39.9. The van der Waals surface area contributed by atoms with Crippen molar-refractivity contribution in [2.45, 2.75) is 27.5 Å². The molecule has 2 aromatic heterocycles. The highest BCUT2D eigenvalue weighted by molar-refractivity contribution is 7.34. The third kappa shape index (κ3) is 4.21. The minimum absolute atomic E-state index is 0.236. The number of benzene rings is 7. The molecule has 13 rings (SSSR count). The molecule has 0 saturated carbocycles. The molecule has 0 saturated heterocycles. The van der Waals surface area contributed by atoms with Gasteiger partial charge in [-0.25, -0.2) is 0 Å². The Morgan fingerprint density at radius 1 is 0.483 bits per heavy atom. The molecule has 0 radical (unpaired) electrons. The van der Waals surface area contributed by atoms with Gasteiger partial charge in [0.25, 0.3) is 13.4 Å². The third-order valence-corrected chi connectivity index (χ3v) is 14.6. The van der Waals surface area contributed by atoms with Crippen LogP contribution in [0, 0.1) is 27.5 Å². The number of fused-ring (bicyclic) bond motifs is 14. The van der Waals surface area contributed by atoms with Crippen molar-refractivity contribution in [1.82, 2.24) is 0 Å². The highest BCUT2D eigenvalue weighted by Crippen LogP contribution is 2.56. The van der Waals surface area contributed by atoms with Gasteiger partial charge in [-0.15, -0.1) is 22.7 Å². The number of nitrogens with zero attached hydrogens (tertiary/aromatic N) is 2. The van der Waals surface area contributed by atoms with Crippen LogP contribution in [0.4, 0.5) is 34.1 Å². The summed E-state index contributed by atoms with van der Waals surface area (Å²) in [5, 5.41) is 1.98. The Bertz CT molecular complexity index is 3610. The second kappa shape index (κ2) is 11.7. The van der Waals surface area contributed by atoms with Crippen LogP contribution in [-0.4, -0.2) is 13.4 Å². The summed E-state index contributed by atoms with van der Waals surface area (Å²) >= 11 is 3.28. The lowest BCUT2D eigenvalue weighted by Crippen LogP contribution is -2.63. The molecule has 4 aliphatic heterocycles. The number of anilines is 6. The third-order valence-electron chi connectivity index (χ3n) is 12.2. The van der Waals surface area contributed by atoms with E-state index in [1.54, 1.807) is 28.7 Å². The van der Waals surface area contributed by atoms with Crippen molar-refractivity contribution in [3.63, 3.8) is 0 Å². The lowest BCUT2D eigenvalue weighted by Gasteiger charge is -2.46. The average molecular weight is 790 g/mol. The van der Waals surface area contributed by atoms with E-state index in [2.05, 4.69) is 46.2 Å². The first-order chi connectivity index (χ1) is 32.1. The molecule has 274 valence electrons. The monoisotopic (exact) mass is 789 g/mol. The topological polar surface area (TPSA) is 24.9 Å². The normalized spacial score (nSPS) is 16.9. The standard InChI is InChI=1S/C50H34B2N2O2S2/c1-27-23-35-37(25-29(27)3)55-47-41-45(53(31-15-7-5-8-16-31)43-33-19-11-13-21-39(33)57-49(43)51(35)41)48-42-46(47)54(32-17-9-6-10-18-32)44-34-20-12-14-22-40(34)58-50(44)52(42)36-24-28(2)30(4)26-38(36)56-48/h5-26H,1-4H3/i1D3,2D3,3D3. The van der Waals surface area contributed by atoms with E-state index in [-0.39, 0.29) is 22.4 Å². The summed E-state index contributed by atoms with van der Waals surface area (Å²) in [4.78, 5) is 4.47. The summed E-state index contributed by atoms with van der Waals surface area (Å²) in [6.07, 6.45) is 0. The SMILES string of the molecule is [2H]C([2H])([2H])c1cc2c(cc1C)Oc1c3c(c4c5c1N(c1ccccc1)c1c(sc6ccccc16)B5c1cc(C([2H])([2H])[2H])c(C([2H])([2H])[2H])cc1O4)N(c1ccccc1)c1c(sc4ccccc14)B23. The van der Waals surface area contributed by atoms with Crippen molar-refractivity contribution >= 4 is 122 Å². The summed E-state index contributed by atoms with van der Waals surface area (Å²) in [6.45, 7) is -7.32. The Kier molecular flexibility index (Phi) is 5.08. The van der Waals surface area contributed by atoms with Crippen molar-refractivity contribution in [3.05, 3.63) is 156 Å². The van der Waals surface area contributed by atoms with Crippen molar-refractivity contribution < 1.29 is 21.8 Å². The predicted octanol–water partition coefficient (Wildman–Crippen LogP) is 10.2. The first-order valence-electron chi connectivity index (χ1n) is 23.7. The molecule has 0 bridgehead atoms. The molecule has 0 atom stereocenters. The number of rotatable bonds is 2. The molecule has 0 unspecified atom stereocenters. The molecular weight excluding hydrogens is 746 g/mol. The highest BCUT2D eigenvalue weighted by atomic mass is 32.1. The number of para-hydroxylation sites is 2. The summed E-state index contributed by atoms with van der Waals surface area (Å²) in [5.74, 6) is 1.82. The number of ether oxygens (including phenoxy) is 2. The predicted molar refractivity (Wildman–Crippen MR) is 248 cm³/mol. The lowest BCUT2D eigenvalue weighted by molar-refractivity contribution is 0.477. The van der Waals surface area contributed by atoms with Crippen molar-refractivity contribution in [1.29, 1.82) is 0 Å².